The molecular weight excluding hydrogens is 310 g/mol. The Hall–Kier alpha value is -2.26. The van der Waals surface area contributed by atoms with Gasteiger partial charge in [-0.3, -0.25) is 0 Å². The van der Waals surface area contributed by atoms with Crippen molar-refractivity contribution in [3.05, 3.63) is 41.6 Å². The zero-order valence-corrected chi connectivity index (χ0v) is 13.1. The molecule has 0 unspecified atom stereocenters. The summed E-state index contributed by atoms with van der Waals surface area (Å²) in [7, 11) is -0.655. The quantitative estimate of drug-likeness (QED) is 0.755. The van der Waals surface area contributed by atoms with Crippen LogP contribution in [0.15, 0.2) is 33.6 Å². The van der Waals surface area contributed by atoms with E-state index < -0.39 is 16.0 Å². The molecular formula is C13H15N3O5S. The summed E-state index contributed by atoms with van der Waals surface area (Å²) in [6.45, 7) is 1.49. The van der Waals surface area contributed by atoms with E-state index in [0.717, 1.165) is 4.31 Å². The van der Waals surface area contributed by atoms with E-state index in [-0.39, 0.29) is 23.0 Å². The van der Waals surface area contributed by atoms with Gasteiger partial charge in [0.2, 0.25) is 15.9 Å². The molecule has 0 aliphatic rings. The van der Waals surface area contributed by atoms with E-state index in [4.69, 9.17) is 9.15 Å². The van der Waals surface area contributed by atoms with Crippen molar-refractivity contribution in [2.75, 3.05) is 14.1 Å². The van der Waals surface area contributed by atoms with Gasteiger partial charge < -0.3 is 9.15 Å². The average Bonchev–Trinajstić information content (AvgIpc) is 2.90. The summed E-state index contributed by atoms with van der Waals surface area (Å²) in [6, 6.07) is 5.47. The number of sulfonamides is 1. The van der Waals surface area contributed by atoms with Crippen LogP contribution >= 0.6 is 0 Å². The van der Waals surface area contributed by atoms with E-state index in [1.807, 2.05) is 0 Å². The van der Waals surface area contributed by atoms with Gasteiger partial charge in [-0.05, 0) is 24.3 Å². The van der Waals surface area contributed by atoms with E-state index in [1.54, 1.807) is 6.92 Å². The van der Waals surface area contributed by atoms with Crippen LogP contribution in [-0.4, -0.2) is 43.0 Å². The van der Waals surface area contributed by atoms with Gasteiger partial charge in [-0.1, -0.05) is 0 Å². The van der Waals surface area contributed by atoms with Gasteiger partial charge in [0, 0.05) is 21.0 Å². The molecule has 0 amide bonds. The van der Waals surface area contributed by atoms with Crippen molar-refractivity contribution in [3.8, 4) is 0 Å². The van der Waals surface area contributed by atoms with Crippen molar-refractivity contribution in [2.24, 2.45) is 0 Å². The van der Waals surface area contributed by atoms with Crippen LogP contribution in [0.4, 0.5) is 0 Å². The molecule has 2 aromatic rings. The maximum Gasteiger partial charge on any atom is 0.338 e. The standard InChI is InChI=1S/C13H15N3O5S/c1-9-14-15-12(21-9)8-20-13(17)10-4-6-11(7-5-10)22(18,19)16(2)3/h4-7H,8H2,1-3H3. The van der Waals surface area contributed by atoms with Gasteiger partial charge in [-0.15, -0.1) is 10.2 Å². The predicted octanol–water partition coefficient (Wildman–Crippen LogP) is 0.985. The maximum absolute atomic E-state index is 11.9. The van der Waals surface area contributed by atoms with Gasteiger partial charge in [-0.25, -0.2) is 17.5 Å². The number of hydrogen-bond donors (Lipinski definition) is 0. The molecule has 0 aliphatic carbocycles. The Kier molecular flexibility index (Phi) is 4.57. The van der Waals surface area contributed by atoms with Crippen molar-refractivity contribution in [3.63, 3.8) is 0 Å². The molecule has 0 radical (unpaired) electrons. The lowest BCUT2D eigenvalue weighted by Gasteiger charge is -2.11. The fourth-order valence-corrected chi connectivity index (χ4v) is 2.48. The number of benzene rings is 1. The first-order chi connectivity index (χ1) is 10.3. The molecule has 0 atom stereocenters. The third-order valence-electron chi connectivity index (χ3n) is 2.76. The van der Waals surface area contributed by atoms with E-state index in [9.17, 15) is 13.2 Å². The molecule has 9 heteroatoms. The summed E-state index contributed by atoms with van der Waals surface area (Å²) in [4.78, 5) is 11.9. The lowest BCUT2D eigenvalue weighted by Crippen LogP contribution is -2.22. The molecule has 1 aromatic carbocycles. The summed E-state index contributed by atoms with van der Waals surface area (Å²) in [6.07, 6.45) is 0. The normalized spacial score (nSPS) is 11.6. The molecule has 1 heterocycles. The molecule has 0 N–H and O–H groups in total. The Bertz CT molecular complexity index is 765. The maximum atomic E-state index is 11.9. The number of aromatic nitrogens is 2. The number of nitrogens with zero attached hydrogens (tertiary/aromatic N) is 3. The van der Waals surface area contributed by atoms with E-state index in [0.29, 0.717) is 5.89 Å². The molecule has 2 rings (SSSR count). The number of esters is 1. The molecule has 0 aliphatic heterocycles. The molecule has 1 aromatic heterocycles. The Morgan fingerprint density at radius 2 is 1.86 bits per heavy atom. The molecule has 0 saturated heterocycles. The monoisotopic (exact) mass is 325 g/mol. The zero-order chi connectivity index (χ0) is 16.3. The van der Waals surface area contributed by atoms with Gasteiger partial charge in [0.05, 0.1) is 10.5 Å². The Morgan fingerprint density at radius 1 is 1.23 bits per heavy atom. The van der Waals surface area contributed by atoms with Crippen LogP contribution in [-0.2, 0) is 21.4 Å². The third-order valence-corrected chi connectivity index (χ3v) is 4.59. The van der Waals surface area contributed by atoms with Crippen LogP contribution in [0.1, 0.15) is 22.1 Å². The fourth-order valence-electron chi connectivity index (χ4n) is 1.58. The topological polar surface area (TPSA) is 103 Å². The number of aryl methyl sites for hydroxylation is 1. The summed E-state index contributed by atoms with van der Waals surface area (Å²) in [5.41, 5.74) is 0.231. The first kappa shape index (κ1) is 16.1. The van der Waals surface area contributed by atoms with Crippen LogP contribution in [0.2, 0.25) is 0 Å². The van der Waals surface area contributed by atoms with E-state index in [1.165, 1.54) is 38.4 Å². The van der Waals surface area contributed by atoms with Gasteiger partial charge in [0.1, 0.15) is 0 Å². The lowest BCUT2D eigenvalue weighted by atomic mass is 10.2. The second kappa shape index (κ2) is 6.24. The van der Waals surface area contributed by atoms with Crippen molar-refractivity contribution < 1.29 is 22.4 Å². The highest BCUT2D eigenvalue weighted by molar-refractivity contribution is 7.89. The summed E-state index contributed by atoms with van der Waals surface area (Å²) in [5, 5.41) is 7.31. The molecule has 0 bridgehead atoms. The second-order valence-corrected chi connectivity index (χ2v) is 6.75. The number of ether oxygens (including phenoxy) is 1. The fraction of sp³-hybridized carbons (Fsp3) is 0.308. The summed E-state index contributed by atoms with van der Waals surface area (Å²) < 4.78 is 35.0. The van der Waals surface area contributed by atoms with Crippen LogP contribution < -0.4 is 0 Å². The smallest absolute Gasteiger partial charge is 0.338 e. The van der Waals surface area contributed by atoms with Gasteiger partial charge in [0.25, 0.3) is 5.89 Å². The Labute approximate surface area is 127 Å². The van der Waals surface area contributed by atoms with Crippen molar-refractivity contribution in [1.82, 2.24) is 14.5 Å². The molecule has 118 valence electrons. The van der Waals surface area contributed by atoms with Crippen LogP contribution in [0.25, 0.3) is 0 Å². The second-order valence-electron chi connectivity index (χ2n) is 4.60. The van der Waals surface area contributed by atoms with Crippen LogP contribution in [0, 0.1) is 6.92 Å². The first-order valence-corrected chi connectivity index (χ1v) is 7.73. The molecule has 0 saturated carbocycles. The average molecular weight is 325 g/mol. The highest BCUT2D eigenvalue weighted by Crippen LogP contribution is 2.15. The summed E-state index contributed by atoms with van der Waals surface area (Å²) >= 11 is 0. The van der Waals surface area contributed by atoms with Crippen LogP contribution in [0.3, 0.4) is 0 Å². The number of hydrogen-bond acceptors (Lipinski definition) is 7. The molecule has 8 nitrogen and oxygen atoms in total. The third kappa shape index (κ3) is 3.49. The minimum atomic E-state index is -3.52. The number of carbonyl (C=O) groups excluding carboxylic acids is 1. The van der Waals surface area contributed by atoms with Crippen molar-refractivity contribution in [1.29, 1.82) is 0 Å². The van der Waals surface area contributed by atoms with Crippen molar-refractivity contribution >= 4 is 16.0 Å². The van der Waals surface area contributed by atoms with Crippen molar-refractivity contribution in [2.45, 2.75) is 18.4 Å². The van der Waals surface area contributed by atoms with Gasteiger partial charge in [-0.2, -0.15) is 0 Å². The predicted molar refractivity (Wildman–Crippen MR) is 75.5 cm³/mol. The van der Waals surface area contributed by atoms with E-state index >= 15 is 0 Å². The van der Waals surface area contributed by atoms with Crippen LogP contribution in [0.5, 0.6) is 0 Å². The first-order valence-electron chi connectivity index (χ1n) is 6.29. The molecule has 22 heavy (non-hydrogen) atoms. The number of rotatable bonds is 5. The Balaban J connectivity index is 2.05. The minimum Gasteiger partial charge on any atom is -0.452 e. The lowest BCUT2D eigenvalue weighted by molar-refractivity contribution is 0.0436. The van der Waals surface area contributed by atoms with Gasteiger partial charge >= 0.3 is 5.97 Å². The molecule has 0 spiro atoms. The Morgan fingerprint density at radius 3 is 2.36 bits per heavy atom. The number of carbonyl (C=O) groups is 1. The summed E-state index contributed by atoms with van der Waals surface area (Å²) in [5.74, 6) is -0.0356. The largest absolute Gasteiger partial charge is 0.452 e. The highest BCUT2D eigenvalue weighted by Gasteiger charge is 2.18. The highest BCUT2D eigenvalue weighted by atomic mass is 32.2. The minimum absolute atomic E-state index is 0.0987. The zero-order valence-electron chi connectivity index (χ0n) is 12.3. The van der Waals surface area contributed by atoms with E-state index in [2.05, 4.69) is 10.2 Å². The SMILES string of the molecule is Cc1nnc(COC(=O)c2ccc(S(=O)(=O)N(C)C)cc2)o1. The molecule has 0 fully saturated rings. The van der Waals surface area contributed by atoms with Gasteiger partial charge in [0.15, 0.2) is 6.61 Å².